The van der Waals surface area contributed by atoms with Gasteiger partial charge in [0.2, 0.25) is 0 Å². The molecule has 2 aromatic rings. The summed E-state index contributed by atoms with van der Waals surface area (Å²) in [6, 6.07) is 11.0. The van der Waals surface area contributed by atoms with Crippen LogP contribution in [-0.2, 0) is 6.54 Å². The molecule has 0 spiro atoms. The summed E-state index contributed by atoms with van der Waals surface area (Å²) in [6.07, 6.45) is 0. The van der Waals surface area contributed by atoms with Crippen molar-refractivity contribution in [1.82, 2.24) is 5.32 Å². The summed E-state index contributed by atoms with van der Waals surface area (Å²) in [4.78, 5) is 11.9. The molecular weight excluding hydrogens is 333 g/mol. The lowest BCUT2D eigenvalue weighted by molar-refractivity contribution is 0.0951. The molecule has 0 heterocycles. The van der Waals surface area contributed by atoms with E-state index in [-0.39, 0.29) is 18.3 Å². The highest BCUT2D eigenvalue weighted by atomic mass is 79.9. The quantitative estimate of drug-likeness (QED) is 0.891. The topological polar surface area (TPSA) is 29.1 Å². The fourth-order valence-corrected chi connectivity index (χ4v) is 2.07. The summed E-state index contributed by atoms with van der Waals surface area (Å²) in [5.41, 5.74) is 1.20. The van der Waals surface area contributed by atoms with Gasteiger partial charge in [-0.15, -0.1) is 0 Å². The number of rotatable bonds is 3. The minimum atomic E-state index is -0.319. The van der Waals surface area contributed by atoms with Crippen molar-refractivity contribution in [1.29, 1.82) is 0 Å². The molecule has 98 valence electrons. The third kappa shape index (κ3) is 3.78. The van der Waals surface area contributed by atoms with E-state index in [0.717, 1.165) is 0 Å². The number of amides is 1. The van der Waals surface area contributed by atoms with Crippen molar-refractivity contribution in [2.75, 3.05) is 0 Å². The fraction of sp³-hybridized carbons (Fsp3) is 0.0714. The largest absolute Gasteiger partial charge is 0.348 e. The molecule has 1 amide bonds. The van der Waals surface area contributed by atoms with Crippen LogP contribution in [0.1, 0.15) is 15.9 Å². The van der Waals surface area contributed by atoms with E-state index in [4.69, 9.17) is 11.6 Å². The molecule has 2 aromatic carbocycles. The van der Waals surface area contributed by atoms with Crippen LogP contribution in [0.15, 0.2) is 46.9 Å². The molecular formula is C14H10BrClFNO. The average Bonchev–Trinajstić information content (AvgIpc) is 2.39. The van der Waals surface area contributed by atoms with Crippen LogP contribution in [0, 0.1) is 5.82 Å². The molecule has 0 bridgehead atoms. The maximum Gasteiger partial charge on any atom is 0.251 e. The number of hydrogen-bond acceptors (Lipinski definition) is 1. The van der Waals surface area contributed by atoms with Gasteiger partial charge in [-0.1, -0.05) is 23.7 Å². The monoisotopic (exact) mass is 341 g/mol. The first-order valence-corrected chi connectivity index (χ1v) is 6.71. The van der Waals surface area contributed by atoms with E-state index in [0.29, 0.717) is 20.6 Å². The van der Waals surface area contributed by atoms with Crippen molar-refractivity contribution >= 4 is 33.4 Å². The Balaban J connectivity index is 2.03. The molecule has 2 rings (SSSR count). The Hall–Kier alpha value is -1.39. The summed E-state index contributed by atoms with van der Waals surface area (Å²) in [6.45, 7) is 0.275. The molecule has 0 radical (unpaired) electrons. The maximum atomic E-state index is 13.0. The average molecular weight is 343 g/mol. The normalized spacial score (nSPS) is 10.3. The third-order valence-electron chi connectivity index (χ3n) is 2.52. The second-order valence-electron chi connectivity index (χ2n) is 3.94. The predicted molar refractivity (Wildman–Crippen MR) is 76.7 cm³/mol. The number of carbonyl (C=O) groups is 1. The molecule has 19 heavy (non-hydrogen) atoms. The van der Waals surface area contributed by atoms with Gasteiger partial charge in [-0.3, -0.25) is 4.79 Å². The third-order valence-corrected chi connectivity index (χ3v) is 3.74. The van der Waals surface area contributed by atoms with Crippen molar-refractivity contribution in [3.63, 3.8) is 0 Å². The molecule has 0 atom stereocenters. The Morgan fingerprint density at radius 1 is 1.26 bits per heavy atom. The summed E-state index contributed by atoms with van der Waals surface area (Å²) in [5.74, 6) is -0.553. The van der Waals surface area contributed by atoms with Gasteiger partial charge in [-0.2, -0.15) is 0 Å². The van der Waals surface area contributed by atoms with Gasteiger partial charge in [0.05, 0.1) is 5.02 Å². The van der Waals surface area contributed by atoms with E-state index in [1.807, 2.05) is 0 Å². The van der Waals surface area contributed by atoms with E-state index in [1.54, 1.807) is 30.3 Å². The number of benzene rings is 2. The van der Waals surface area contributed by atoms with Crippen LogP contribution in [0.4, 0.5) is 4.39 Å². The lowest BCUT2D eigenvalue weighted by atomic mass is 10.2. The molecule has 5 heteroatoms. The smallest absolute Gasteiger partial charge is 0.251 e. The predicted octanol–water partition coefficient (Wildman–Crippen LogP) is 4.17. The second-order valence-corrected chi connectivity index (χ2v) is 5.20. The van der Waals surface area contributed by atoms with Gasteiger partial charge in [0.25, 0.3) is 5.91 Å². The van der Waals surface area contributed by atoms with E-state index in [2.05, 4.69) is 21.2 Å². The summed E-state index contributed by atoms with van der Waals surface area (Å²) < 4.78 is 13.6. The van der Waals surface area contributed by atoms with Crippen LogP contribution >= 0.6 is 27.5 Å². The van der Waals surface area contributed by atoms with Crippen LogP contribution in [0.5, 0.6) is 0 Å². The highest BCUT2D eigenvalue weighted by Gasteiger charge is 2.07. The number of nitrogens with one attached hydrogen (secondary N) is 1. The molecule has 0 fully saturated rings. The highest BCUT2D eigenvalue weighted by Crippen LogP contribution is 2.23. The van der Waals surface area contributed by atoms with E-state index >= 15 is 0 Å². The standard InChI is InChI=1S/C14H10BrClFNO/c15-12-7-10(4-5-13(12)16)14(19)18-8-9-2-1-3-11(17)6-9/h1-7H,8H2,(H,18,19). The lowest BCUT2D eigenvalue weighted by Crippen LogP contribution is -2.22. The molecule has 2 nitrogen and oxygen atoms in total. The Labute approximate surface area is 123 Å². The van der Waals surface area contributed by atoms with Crippen molar-refractivity contribution in [3.05, 3.63) is 68.9 Å². The van der Waals surface area contributed by atoms with Gasteiger partial charge in [0, 0.05) is 16.6 Å². The highest BCUT2D eigenvalue weighted by molar-refractivity contribution is 9.10. The maximum absolute atomic E-state index is 13.0. The van der Waals surface area contributed by atoms with Gasteiger partial charge in [-0.25, -0.2) is 4.39 Å². The summed E-state index contributed by atoms with van der Waals surface area (Å²) in [7, 11) is 0. The van der Waals surface area contributed by atoms with Crippen LogP contribution < -0.4 is 5.32 Å². The Bertz CT molecular complexity index is 618. The molecule has 0 unspecified atom stereocenters. The molecule has 0 aliphatic carbocycles. The second kappa shape index (κ2) is 6.17. The summed E-state index contributed by atoms with van der Waals surface area (Å²) >= 11 is 9.11. The van der Waals surface area contributed by atoms with Gasteiger partial charge < -0.3 is 5.32 Å². The van der Waals surface area contributed by atoms with Crippen molar-refractivity contribution in [2.45, 2.75) is 6.54 Å². The zero-order valence-electron chi connectivity index (χ0n) is 9.79. The van der Waals surface area contributed by atoms with Crippen molar-refractivity contribution in [3.8, 4) is 0 Å². The van der Waals surface area contributed by atoms with Crippen LogP contribution in [0.2, 0.25) is 5.02 Å². The van der Waals surface area contributed by atoms with Crippen LogP contribution in [0.3, 0.4) is 0 Å². The minimum absolute atomic E-state index is 0.235. The van der Waals surface area contributed by atoms with Gasteiger partial charge >= 0.3 is 0 Å². The molecule has 0 aliphatic rings. The molecule has 0 aromatic heterocycles. The van der Waals surface area contributed by atoms with E-state index < -0.39 is 0 Å². The van der Waals surface area contributed by atoms with Crippen molar-refractivity contribution in [2.24, 2.45) is 0 Å². The van der Waals surface area contributed by atoms with Gasteiger partial charge in [0.15, 0.2) is 0 Å². The van der Waals surface area contributed by atoms with Crippen LogP contribution in [-0.4, -0.2) is 5.91 Å². The Morgan fingerprint density at radius 3 is 2.74 bits per heavy atom. The van der Waals surface area contributed by atoms with Crippen LogP contribution in [0.25, 0.3) is 0 Å². The molecule has 0 saturated heterocycles. The van der Waals surface area contributed by atoms with E-state index in [9.17, 15) is 9.18 Å². The fourth-order valence-electron chi connectivity index (χ4n) is 1.57. The zero-order chi connectivity index (χ0) is 13.8. The molecule has 0 aliphatic heterocycles. The summed E-state index contributed by atoms with van der Waals surface area (Å²) in [5, 5.41) is 3.26. The van der Waals surface area contributed by atoms with Gasteiger partial charge in [0.1, 0.15) is 5.82 Å². The van der Waals surface area contributed by atoms with Gasteiger partial charge in [-0.05, 0) is 51.8 Å². The molecule has 0 saturated carbocycles. The first-order valence-electron chi connectivity index (χ1n) is 5.54. The van der Waals surface area contributed by atoms with Crippen molar-refractivity contribution < 1.29 is 9.18 Å². The zero-order valence-corrected chi connectivity index (χ0v) is 12.1. The first-order chi connectivity index (χ1) is 9.06. The lowest BCUT2D eigenvalue weighted by Gasteiger charge is -2.06. The SMILES string of the molecule is O=C(NCc1cccc(F)c1)c1ccc(Cl)c(Br)c1. The minimum Gasteiger partial charge on any atom is -0.348 e. The number of carbonyl (C=O) groups excluding carboxylic acids is 1. The Kier molecular flexibility index (Phi) is 4.56. The Morgan fingerprint density at radius 2 is 2.05 bits per heavy atom. The first kappa shape index (κ1) is 14.0. The van der Waals surface area contributed by atoms with E-state index in [1.165, 1.54) is 12.1 Å². The number of halogens is 3. The number of hydrogen-bond donors (Lipinski definition) is 1. The molecule has 1 N–H and O–H groups in total.